The number of likely N-dealkylation sites (tertiary alicyclic amines) is 1. The summed E-state index contributed by atoms with van der Waals surface area (Å²) >= 11 is 1.72. The lowest BCUT2D eigenvalue weighted by Crippen LogP contribution is -2.51. The van der Waals surface area contributed by atoms with E-state index in [1.165, 1.54) is 17.7 Å². The number of thioether (sulfide) groups is 1. The van der Waals surface area contributed by atoms with Gasteiger partial charge in [0.25, 0.3) is 0 Å². The second-order valence-electron chi connectivity index (χ2n) is 7.59. The molecule has 154 valence electrons. The van der Waals surface area contributed by atoms with E-state index in [0.29, 0.717) is 13.0 Å². The highest BCUT2D eigenvalue weighted by atomic mass is 32.2. The summed E-state index contributed by atoms with van der Waals surface area (Å²) in [4.78, 5) is 19.7. The van der Waals surface area contributed by atoms with Gasteiger partial charge in [-0.3, -0.25) is 9.79 Å². The fraction of sp³-hybridized carbons (Fsp3) is 0.619. The number of nitrogens with one attached hydrogen (secondary N) is 2. The highest BCUT2D eigenvalue weighted by molar-refractivity contribution is 7.98. The van der Waals surface area contributed by atoms with Gasteiger partial charge in [0.1, 0.15) is 0 Å². The van der Waals surface area contributed by atoms with Gasteiger partial charge in [-0.25, -0.2) is 0 Å². The standard InChI is InChI=1S/C21H33N5OS/c1-28-19-11-5-4-10-18(19)25-21(24-17-9-3-2-8-16(17)22)23-13-7-15-26-14-6-12-20(26)27/h4-5,10-11,16-17H,2-3,6-9,12-15,22H2,1H3,(H2,23,24,25)/t16-,17-/m0/s1. The van der Waals surface area contributed by atoms with E-state index in [9.17, 15) is 4.79 Å². The predicted molar refractivity (Wildman–Crippen MR) is 118 cm³/mol. The number of nitrogens with two attached hydrogens (primary N) is 1. The molecular weight excluding hydrogens is 370 g/mol. The van der Waals surface area contributed by atoms with Crippen LogP contribution in [-0.2, 0) is 4.79 Å². The maximum Gasteiger partial charge on any atom is 0.222 e. The first-order chi connectivity index (χ1) is 13.7. The van der Waals surface area contributed by atoms with E-state index in [4.69, 9.17) is 10.7 Å². The molecule has 1 heterocycles. The molecule has 1 saturated carbocycles. The molecule has 3 rings (SSSR count). The van der Waals surface area contributed by atoms with Crippen molar-refractivity contribution in [3.63, 3.8) is 0 Å². The maximum atomic E-state index is 11.8. The van der Waals surface area contributed by atoms with Crippen LogP contribution in [0.3, 0.4) is 0 Å². The minimum absolute atomic E-state index is 0.166. The number of hydrogen-bond donors (Lipinski definition) is 3. The van der Waals surface area contributed by atoms with Crippen LogP contribution in [0.1, 0.15) is 44.9 Å². The summed E-state index contributed by atoms with van der Waals surface area (Å²) in [6.07, 6.45) is 9.19. The first-order valence-electron chi connectivity index (χ1n) is 10.4. The Morgan fingerprint density at radius 2 is 2.11 bits per heavy atom. The Morgan fingerprint density at radius 3 is 2.86 bits per heavy atom. The molecule has 1 amide bonds. The van der Waals surface area contributed by atoms with Crippen molar-refractivity contribution in [3.05, 3.63) is 24.3 Å². The van der Waals surface area contributed by atoms with Crippen LogP contribution in [0, 0.1) is 0 Å². The number of nitrogens with zero attached hydrogens (tertiary/aromatic N) is 2. The third kappa shape index (κ3) is 5.88. The molecule has 0 spiro atoms. The zero-order chi connectivity index (χ0) is 19.8. The number of carbonyl (C=O) groups is 1. The van der Waals surface area contributed by atoms with Crippen LogP contribution in [0.4, 0.5) is 5.69 Å². The number of para-hydroxylation sites is 1. The molecule has 2 fully saturated rings. The number of rotatable bonds is 7. The number of hydrogen-bond acceptors (Lipinski definition) is 4. The smallest absolute Gasteiger partial charge is 0.222 e. The van der Waals surface area contributed by atoms with Crippen molar-refractivity contribution >= 4 is 29.3 Å². The Kier molecular flexibility index (Phi) is 8.03. The molecule has 2 atom stereocenters. The van der Waals surface area contributed by atoms with E-state index >= 15 is 0 Å². The normalized spacial score (nSPS) is 23.1. The van der Waals surface area contributed by atoms with Gasteiger partial charge >= 0.3 is 0 Å². The molecule has 4 N–H and O–H groups in total. The molecule has 1 saturated heterocycles. The zero-order valence-corrected chi connectivity index (χ0v) is 17.6. The number of aliphatic imine (C=N–C) groups is 1. The number of carbonyl (C=O) groups excluding carboxylic acids is 1. The molecule has 28 heavy (non-hydrogen) atoms. The van der Waals surface area contributed by atoms with E-state index in [1.807, 2.05) is 17.0 Å². The SMILES string of the molecule is CSc1ccccc1NC(=NCCCN1CCCC1=O)N[C@H]1CCCC[C@@H]1N. The number of amides is 1. The lowest BCUT2D eigenvalue weighted by atomic mass is 9.91. The lowest BCUT2D eigenvalue weighted by Gasteiger charge is -2.31. The monoisotopic (exact) mass is 403 g/mol. The van der Waals surface area contributed by atoms with Crippen molar-refractivity contribution in [2.24, 2.45) is 10.7 Å². The molecular formula is C21H33N5OS. The largest absolute Gasteiger partial charge is 0.352 e. The predicted octanol–water partition coefficient (Wildman–Crippen LogP) is 3.05. The fourth-order valence-electron chi connectivity index (χ4n) is 3.90. The van der Waals surface area contributed by atoms with Crippen molar-refractivity contribution in [2.75, 3.05) is 31.2 Å². The van der Waals surface area contributed by atoms with Crippen molar-refractivity contribution in [1.82, 2.24) is 10.2 Å². The Labute approximate surface area is 172 Å². The third-order valence-corrected chi connectivity index (χ3v) is 6.32. The molecule has 1 aliphatic heterocycles. The molecule has 1 aromatic carbocycles. The quantitative estimate of drug-likeness (QED) is 0.282. The summed E-state index contributed by atoms with van der Waals surface area (Å²) in [5, 5.41) is 7.05. The summed E-state index contributed by atoms with van der Waals surface area (Å²) in [6.45, 7) is 2.37. The van der Waals surface area contributed by atoms with E-state index in [2.05, 4.69) is 29.0 Å². The topological polar surface area (TPSA) is 82.8 Å². The molecule has 1 aliphatic carbocycles. The highest BCUT2D eigenvalue weighted by Crippen LogP contribution is 2.25. The minimum atomic E-state index is 0.166. The average molecular weight is 404 g/mol. The first-order valence-corrected chi connectivity index (χ1v) is 11.6. The van der Waals surface area contributed by atoms with Crippen LogP contribution >= 0.6 is 11.8 Å². The van der Waals surface area contributed by atoms with E-state index in [-0.39, 0.29) is 18.0 Å². The van der Waals surface area contributed by atoms with Crippen LogP contribution in [0.15, 0.2) is 34.2 Å². The van der Waals surface area contributed by atoms with Crippen LogP contribution in [0.25, 0.3) is 0 Å². The Bertz CT molecular complexity index is 681. The number of benzene rings is 1. The van der Waals surface area contributed by atoms with Gasteiger partial charge in [-0.2, -0.15) is 0 Å². The van der Waals surface area contributed by atoms with Gasteiger partial charge < -0.3 is 21.3 Å². The van der Waals surface area contributed by atoms with Gasteiger partial charge in [-0.1, -0.05) is 25.0 Å². The molecule has 0 radical (unpaired) electrons. The van der Waals surface area contributed by atoms with Gasteiger partial charge in [0.2, 0.25) is 5.91 Å². The van der Waals surface area contributed by atoms with E-state index in [0.717, 1.165) is 50.4 Å². The fourth-order valence-corrected chi connectivity index (χ4v) is 4.46. The Balaban J connectivity index is 1.63. The summed E-state index contributed by atoms with van der Waals surface area (Å²) < 4.78 is 0. The molecule has 6 nitrogen and oxygen atoms in total. The molecule has 2 aliphatic rings. The minimum Gasteiger partial charge on any atom is -0.352 e. The van der Waals surface area contributed by atoms with Crippen molar-refractivity contribution < 1.29 is 4.79 Å². The van der Waals surface area contributed by atoms with Gasteiger partial charge in [0, 0.05) is 43.0 Å². The zero-order valence-electron chi connectivity index (χ0n) is 16.8. The Morgan fingerprint density at radius 1 is 1.29 bits per heavy atom. The summed E-state index contributed by atoms with van der Waals surface area (Å²) in [5.74, 6) is 1.07. The van der Waals surface area contributed by atoms with E-state index in [1.54, 1.807) is 11.8 Å². The summed E-state index contributed by atoms with van der Waals surface area (Å²) in [7, 11) is 0. The summed E-state index contributed by atoms with van der Waals surface area (Å²) in [6, 6.07) is 8.68. The summed E-state index contributed by atoms with van der Waals surface area (Å²) in [5.41, 5.74) is 7.39. The average Bonchev–Trinajstić information content (AvgIpc) is 3.12. The van der Waals surface area contributed by atoms with Crippen LogP contribution in [0.2, 0.25) is 0 Å². The molecule has 0 bridgehead atoms. The number of guanidine groups is 1. The van der Waals surface area contributed by atoms with Gasteiger partial charge in [0.05, 0.1) is 5.69 Å². The van der Waals surface area contributed by atoms with Crippen LogP contribution in [0.5, 0.6) is 0 Å². The highest BCUT2D eigenvalue weighted by Gasteiger charge is 2.23. The second-order valence-corrected chi connectivity index (χ2v) is 8.44. The third-order valence-electron chi connectivity index (χ3n) is 5.53. The van der Waals surface area contributed by atoms with Crippen LogP contribution in [-0.4, -0.2) is 54.7 Å². The molecule has 7 heteroatoms. The second kappa shape index (κ2) is 10.7. The lowest BCUT2D eigenvalue weighted by molar-refractivity contribution is -0.127. The van der Waals surface area contributed by atoms with Crippen molar-refractivity contribution in [1.29, 1.82) is 0 Å². The van der Waals surface area contributed by atoms with E-state index < -0.39 is 0 Å². The van der Waals surface area contributed by atoms with Gasteiger partial charge in [0.15, 0.2) is 5.96 Å². The first kappa shape index (κ1) is 21.0. The van der Waals surface area contributed by atoms with Crippen molar-refractivity contribution in [3.8, 4) is 0 Å². The van der Waals surface area contributed by atoms with Crippen molar-refractivity contribution in [2.45, 2.75) is 61.9 Å². The van der Waals surface area contributed by atoms with Gasteiger partial charge in [-0.05, 0) is 44.1 Å². The molecule has 1 aromatic rings. The Hall–Kier alpha value is -1.73. The van der Waals surface area contributed by atoms with Crippen LogP contribution < -0.4 is 16.4 Å². The number of anilines is 1. The molecule has 0 unspecified atom stereocenters. The maximum absolute atomic E-state index is 11.8. The van der Waals surface area contributed by atoms with Gasteiger partial charge in [-0.15, -0.1) is 11.8 Å². The molecule has 0 aromatic heterocycles.